The fraction of sp³-hybridized carbons (Fsp3) is 0.320. The minimum atomic E-state index is -0.0224. The van der Waals surface area contributed by atoms with Gasteiger partial charge in [0.05, 0.1) is 24.7 Å². The molecule has 4 aliphatic rings. The van der Waals surface area contributed by atoms with E-state index < -0.39 is 0 Å². The highest BCUT2D eigenvalue weighted by molar-refractivity contribution is 5.48. The Bertz CT molecular complexity index is 964. The molecule has 7 rings (SSSR count). The van der Waals surface area contributed by atoms with E-state index in [1.54, 1.807) is 0 Å². The van der Waals surface area contributed by atoms with Crippen LogP contribution in [0.2, 0.25) is 0 Å². The molecule has 3 aliphatic heterocycles. The second-order valence-corrected chi connectivity index (χ2v) is 8.20. The molecule has 2 bridgehead atoms. The van der Waals surface area contributed by atoms with Crippen molar-refractivity contribution in [3.05, 3.63) is 101 Å². The highest BCUT2D eigenvalue weighted by atomic mass is 16.5. The fourth-order valence-corrected chi connectivity index (χ4v) is 5.97. The molecule has 0 saturated carbocycles. The first-order valence-electron chi connectivity index (χ1n) is 10.4. The second kappa shape index (κ2) is 6.26. The van der Waals surface area contributed by atoms with E-state index in [-0.39, 0.29) is 5.54 Å². The van der Waals surface area contributed by atoms with Crippen molar-refractivity contribution < 1.29 is 9.30 Å². The largest absolute Gasteiger partial charge is 0.379 e. The maximum Gasteiger partial charge on any atom is 0.191 e. The van der Waals surface area contributed by atoms with Crippen molar-refractivity contribution in [2.24, 2.45) is 0 Å². The third kappa shape index (κ3) is 2.15. The van der Waals surface area contributed by atoms with E-state index in [1.165, 1.54) is 22.4 Å². The first kappa shape index (κ1) is 16.5. The van der Waals surface area contributed by atoms with Crippen molar-refractivity contribution in [3.8, 4) is 0 Å². The van der Waals surface area contributed by atoms with Crippen LogP contribution in [0, 0.1) is 0 Å². The molecule has 3 nitrogen and oxygen atoms in total. The molecule has 2 aromatic carbocycles. The minimum absolute atomic E-state index is 0.0224. The summed E-state index contributed by atoms with van der Waals surface area (Å²) in [6.07, 6.45) is 3.39. The highest BCUT2D eigenvalue weighted by Gasteiger charge is 2.60. The van der Waals surface area contributed by atoms with Gasteiger partial charge in [0.25, 0.3) is 0 Å². The number of nitrogens with zero attached hydrogens (tertiary/aromatic N) is 2. The van der Waals surface area contributed by atoms with Crippen LogP contribution in [0.25, 0.3) is 0 Å². The quantitative estimate of drug-likeness (QED) is 0.641. The predicted molar refractivity (Wildman–Crippen MR) is 108 cm³/mol. The van der Waals surface area contributed by atoms with Crippen LogP contribution in [0.1, 0.15) is 40.8 Å². The van der Waals surface area contributed by atoms with Crippen LogP contribution in [0.4, 0.5) is 0 Å². The van der Waals surface area contributed by atoms with Crippen LogP contribution >= 0.6 is 0 Å². The number of aromatic nitrogens is 1. The number of benzene rings is 2. The molecule has 140 valence electrons. The Morgan fingerprint density at radius 1 is 0.821 bits per heavy atom. The zero-order valence-corrected chi connectivity index (χ0v) is 16.0. The van der Waals surface area contributed by atoms with E-state index in [0.717, 1.165) is 32.7 Å². The Labute approximate surface area is 166 Å². The third-order valence-corrected chi connectivity index (χ3v) is 7.05. The Kier molecular flexibility index (Phi) is 3.68. The lowest BCUT2D eigenvalue weighted by Gasteiger charge is -2.55. The SMILES string of the molecule is c1ccc([C@]2(N3CCOCC3)C[C@H]3c4ccccc4[C@@H]2c2cccc[n+]23)cc1. The number of fused-ring (bicyclic) bond motifs is 1. The van der Waals surface area contributed by atoms with Gasteiger partial charge in [-0.15, -0.1) is 0 Å². The van der Waals surface area contributed by atoms with Gasteiger partial charge in [-0.1, -0.05) is 60.7 Å². The van der Waals surface area contributed by atoms with Crippen molar-refractivity contribution in [2.75, 3.05) is 26.3 Å². The standard InChI is InChI=1S/C25H25N2O/c1-2-8-19(9-3-1)25(26-14-16-28-17-15-26)18-23-20-10-4-5-11-21(20)24(25)22-12-6-7-13-27(22)23/h1-13,23-24H,14-18H2/q+1/t23-,24+,25+/m0/s1. The highest BCUT2D eigenvalue weighted by Crippen LogP contribution is 2.57. The lowest BCUT2D eigenvalue weighted by Crippen LogP contribution is -2.66. The third-order valence-electron chi connectivity index (χ3n) is 7.05. The zero-order valence-electron chi connectivity index (χ0n) is 16.0. The topological polar surface area (TPSA) is 16.4 Å². The molecule has 0 N–H and O–H groups in total. The monoisotopic (exact) mass is 369 g/mol. The van der Waals surface area contributed by atoms with Gasteiger partial charge in [-0.2, -0.15) is 4.57 Å². The number of ether oxygens (including phenoxy) is 1. The van der Waals surface area contributed by atoms with Crippen LogP contribution in [0.15, 0.2) is 79.0 Å². The van der Waals surface area contributed by atoms with Gasteiger partial charge in [0.1, 0.15) is 0 Å². The Hall–Kier alpha value is -2.49. The maximum absolute atomic E-state index is 5.74. The van der Waals surface area contributed by atoms with Crippen molar-refractivity contribution in [1.82, 2.24) is 4.90 Å². The average molecular weight is 369 g/mol. The Balaban J connectivity index is 1.65. The molecular weight excluding hydrogens is 344 g/mol. The number of hydrogen-bond donors (Lipinski definition) is 0. The Morgan fingerprint density at radius 2 is 1.54 bits per heavy atom. The van der Waals surface area contributed by atoms with Crippen molar-refractivity contribution >= 4 is 0 Å². The molecule has 1 aromatic heterocycles. The van der Waals surface area contributed by atoms with Crippen molar-refractivity contribution in [1.29, 1.82) is 0 Å². The molecule has 0 radical (unpaired) electrons. The molecule has 0 unspecified atom stereocenters. The summed E-state index contributed by atoms with van der Waals surface area (Å²) in [7, 11) is 0. The summed E-state index contributed by atoms with van der Waals surface area (Å²) in [5.74, 6) is 0.329. The normalized spacial score (nSPS) is 28.6. The summed E-state index contributed by atoms with van der Waals surface area (Å²) in [5.41, 5.74) is 5.85. The molecule has 4 heterocycles. The molecule has 1 saturated heterocycles. The fourth-order valence-electron chi connectivity index (χ4n) is 5.97. The zero-order chi connectivity index (χ0) is 18.6. The average Bonchev–Trinajstić information content (AvgIpc) is 2.80. The van der Waals surface area contributed by atoms with Gasteiger partial charge >= 0.3 is 0 Å². The van der Waals surface area contributed by atoms with Crippen molar-refractivity contribution in [3.63, 3.8) is 0 Å². The molecule has 0 spiro atoms. The molecule has 28 heavy (non-hydrogen) atoms. The number of rotatable bonds is 2. The smallest absolute Gasteiger partial charge is 0.191 e. The van der Waals surface area contributed by atoms with Gasteiger partial charge in [0, 0.05) is 37.2 Å². The first-order valence-corrected chi connectivity index (χ1v) is 10.4. The number of morpholine rings is 1. The summed E-state index contributed by atoms with van der Waals surface area (Å²) in [4.78, 5) is 2.72. The maximum atomic E-state index is 5.74. The van der Waals surface area contributed by atoms with Gasteiger partial charge in [-0.25, -0.2) is 0 Å². The van der Waals surface area contributed by atoms with E-state index >= 15 is 0 Å². The second-order valence-electron chi connectivity index (χ2n) is 8.20. The van der Waals surface area contributed by atoms with E-state index in [0.29, 0.717) is 12.0 Å². The van der Waals surface area contributed by atoms with Crippen LogP contribution in [0.3, 0.4) is 0 Å². The summed E-state index contributed by atoms with van der Waals surface area (Å²) < 4.78 is 8.27. The lowest BCUT2D eigenvalue weighted by molar-refractivity contribution is -0.734. The van der Waals surface area contributed by atoms with E-state index in [1.807, 2.05) is 0 Å². The molecule has 3 heteroatoms. The van der Waals surface area contributed by atoms with Gasteiger partial charge in [0.15, 0.2) is 17.9 Å². The van der Waals surface area contributed by atoms with E-state index in [4.69, 9.17) is 4.74 Å². The van der Waals surface area contributed by atoms with Gasteiger partial charge in [0.2, 0.25) is 0 Å². The number of hydrogen-bond acceptors (Lipinski definition) is 2. The van der Waals surface area contributed by atoms with Crippen LogP contribution in [-0.2, 0) is 10.3 Å². The summed E-state index contributed by atoms with van der Waals surface area (Å²) in [5, 5.41) is 0. The van der Waals surface area contributed by atoms with E-state index in [2.05, 4.69) is 88.5 Å². The van der Waals surface area contributed by atoms with Gasteiger partial charge in [-0.05, 0) is 11.1 Å². The van der Waals surface area contributed by atoms with Gasteiger partial charge < -0.3 is 4.74 Å². The molecular formula is C25H25N2O+. The first-order chi connectivity index (χ1) is 13.9. The van der Waals surface area contributed by atoms with Crippen LogP contribution in [0.5, 0.6) is 0 Å². The van der Waals surface area contributed by atoms with Gasteiger partial charge in [-0.3, -0.25) is 4.90 Å². The van der Waals surface area contributed by atoms with Crippen molar-refractivity contribution in [2.45, 2.75) is 23.9 Å². The molecule has 1 fully saturated rings. The summed E-state index contributed by atoms with van der Waals surface area (Å²) >= 11 is 0. The lowest BCUT2D eigenvalue weighted by atomic mass is 9.59. The molecule has 0 amide bonds. The van der Waals surface area contributed by atoms with Crippen LogP contribution in [-0.4, -0.2) is 31.2 Å². The Morgan fingerprint density at radius 3 is 2.36 bits per heavy atom. The van der Waals surface area contributed by atoms with E-state index in [9.17, 15) is 0 Å². The predicted octanol–water partition coefficient (Wildman–Crippen LogP) is 3.64. The molecule has 1 aliphatic carbocycles. The summed E-state index contributed by atoms with van der Waals surface area (Å²) in [6, 6.07) is 27.4. The summed E-state index contributed by atoms with van der Waals surface area (Å²) in [6.45, 7) is 3.63. The minimum Gasteiger partial charge on any atom is -0.379 e. The van der Waals surface area contributed by atoms with Crippen LogP contribution < -0.4 is 4.57 Å². The number of pyridine rings is 1. The molecule has 3 aromatic rings. The molecule has 3 atom stereocenters.